The summed E-state index contributed by atoms with van der Waals surface area (Å²) in [7, 11) is 0. The van der Waals surface area contributed by atoms with Crippen molar-refractivity contribution in [3.05, 3.63) is 35.6 Å². The Balaban J connectivity index is 1.60. The molecule has 1 aromatic carbocycles. The summed E-state index contributed by atoms with van der Waals surface area (Å²) < 4.78 is 11.8. The molecule has 122 valence electrons. The highest BCUT2D eigenvalue weighted by atomic mass is 16.5. The zero-order valence-corrected chi connectivity index (χ0v) is 13.6. The average molecular weight is 313 g/mol. The van der Waals surface area contributed by atoms with E-state index < -0.39 is 0 Å². The monoisotopic (exact) mass is 313 g/mol. The molecule has 2 aromatic rings. The Morgan fingerprint density at radius 3 is 2.83 bits per heavy atom. The molecule has 2 aliphatic rings. The number of benzene rings is 1. The molecule has 4 heteroatoms. The van der Waals surface area contributed by atoms with E-state index in [9.17, 15) is 4.79 Å². The first-order valence-corrected chi connectivity index (χ1v) is 8.61. The smallest absolute Gasteiger partial charge is 0.229 e. The summed E-state index contributed by atoms with van der Waals surface area (Å²) in [5, 5.41) is 1.05. The Labute approximate surface area is 136 Å². The molecule has 2 heterocycles. The van der Waals surface area contributed by atoms with Gasteiger partial charge >= 0.3 is 0 Å². The highest BCUT2D eigenvalue weighted by Crippen LogP contribution is 2.38. The van der Waals surface area contributed by atoms with Crippen LogP contribution < -0.4 is 0 Å². The van der Waals surface area contributed by atoms with Crippen LogP contribution >= 0.6 is 0 Å². The number of furan rings is 1. The molecule has 1 saturated heterocycles. The number of ether oxygens (including phenoxy) is 1. The van der Waals surface area contributed by atoms with Gasteiger partial charge < -0.3 is 14.1 Å². The van der Waals surface area contributed by atoms with Crippen molar-refractivity contribution in [1.82, 2.24) is 4.90 Å². The number of para-hydroxylation sites is 1. The van der Waals surface area contributed by atoms with Crippen molar-refractivity contribution in [2.45, 2.75) is 51.2 Å². The van der Waals surface area contributed by atoms with Crippen molar-refractivity contribution >= 4 is 16.9 Å². The molecule has 1 spiro atoms. The quantitative estimate of drug-likeness (QED) is 0.847. The van der Waals surface area contributed by atoms with Crippen LogP contribution in [0.3, 0.4) is 0 Å². The minimum Gasteiger partial charge on any atom is -0.461 e. The molecule has 0 radical (unpaired) electrons. The SMILES string of the molecule is Cc1oc2ccccc2c1CC(=O)N1CCOC12CCCCC2. The standard InChI is InChI=1S/C19H23NO3/c1-14-16(15-7-3-4-8-17(15)23-14)13-18(21)20-11-12-22-19(20)9-5-2-6-10-19/h3-4,7-8H,2,5-6,9-13H2,1H3. The third-order valence-corrected chi connectivity index (χ3v) is 5.34. The van der Waals surface area contributed by atoms with E-state index in [4.69, 9.17) is 9.15 Å². The van der Waals surface area contributed by atoms with E-state index in [2.05, 4.69) is 0 Å². The van der Waals surface area contributed by atoms with E-state index in [1.165, 1.54) is 6.42 Å². The number of fused-ring (bicyclic) bond motifs is 1. The lowest BCUT2D eigenvalue weighted by molar-refractivity contribution is -0.154. The molecule has 23 heavy (non-hydrogen) atoms. The van der Waals surface area contributed by atoms with E-state index in [0.29, 0.717) is 19.6 Å². The number of carbonyl (C=O) groups is 1. The van der Waals surface area contributed by atoms with Gasteiger partial charge in [-0.05, 0) is 38.7 Å². The number of hydrogen-bond acceptors (Lipinski definition) is 3. The largest absolute Gasteiger partial charge is 0.461 e. The van der Waals surface area contributed by atoms with Gasteiger partial charge in [-0.2, -0.15) is 0 Å². The molecule has 0 N–H and O–H groups in total. The first kappa shape index (κ1) is 14.8. The summed E-state index contributed by atoms with van der Waals surface area (Å²) in [5.41, 5.74) is 1.55. The van der Waals surface area contributed by atoms with Crippen LogP contribution in [0.25, 0.3) is 11.0 Å². The molecule has 4 rings (SSSR count). The first-order valence-electron chi connectivity index (χ1n) is 8.61. The van der Waals surface area contributed by atoms with Crippen molar-refractivity contribution in [1.29, 1.82) is 0 Å². The Hall–Kier alpha value is -1.81. The Bertz CT molecular complexity index is 727. The maximum absolute atomic E-state index is 13.0. The van der Waals surface area contributed by atoms with Gasteiger partial charge in [0.2, 0.25) is 5.91 Å². The van der Waals surface area contributed by atoms with Gasteiger partial charge in [0.25, 0.3) is 0 Å². The normalized spacial score (nSPS) is 20.5. The summed E-state index contributed by atoms with van der Waals surface area (Å²) in [6, 6.07) is 7.94. The molecule has 0 bridgehead atoms. The number of amides is 1. The number of rotatable bonds is 2. The number of hydrogen-bond donors (Lipinski definition) is 0. The second-order valence-electron chi connectivity index (χ2n) is 6.71. The molecule has 2 fully saturated rings. The zero-order valence-electron chi connectivity index (χ0n) is 13.6. The van der Waals surface area contributed by atoms with Gasteiger partial charge in [0.05, 0.1) is 13.0 Å². The van der Waals surface area contributed by atoms with E-state index in [0.717, 1.165) is 48.0 Å². The van der Waals surface area contributed by atoms with Crippen LogP contribution in [0, 0.1) is 6.92 Å². The van der Waals surface area contributed by atoms with Gasteiger partial charge in [-0.1, -0.05) is 24.6 Å². The molecule has 1 saturated carbocycles. The van der Waals surface area contributed by atoms with Gasteiger partial charge in [-0.3, -0.25) is 4.79 Å². The predicted octanol–water partition coefficient (Wildman–Crippen LogP) is 3.80. The maximum Gasteiger partial charge on any atom is 0.229 e. The Morgan fingerprint density at radius 2 is 2.00 bits per heavy atom. The first-order chi connectivity index (χ1) is 11.2. The topological polar surface area (TPSA) is 42.7 Å². The van der Waals surface area contributed by atoms with Gasteiger partial charge in [0.15, 0.2) is 0 Å². The molecule has 1 amide bonds. The number of carbonyl (C=O) groups excluding carboxylic acids is 1. The minimum absolute atomic E-state index is 0.166. The minimum atomic E-state index is -0.331. The highest BCUT2D eigenvalue weighted by Gasteiger charge is 2.45. The van der Waals surface area contributed by atoms with Crippen LogP contribution in [0.5, 0.6) is 0 Å². The van der Waals surface area contributed by atoms with Crippen LogP contribution in [-0.2, 0) is 16.0 Å². The zero-order chi connectivity index (χ0) is 15.9. The second-order valence-corrected chi connectivity index (χ2v) is 6.71. The molecule has 1 aliphatic heterocycles. The summed E-state index contributed by atoms with van der Waals surface area (Å²) in [6.07, 6.45) is 5.90. The fourth-order valence-corrected chi connectivity index (χ4v) is 4.17. The van der Waals surface area contributed by atoms with Crippen molar-refractivity contribution in [3.8, 4) is 0 Å². The third kappa shape index (κ3) is 2.45. The van der Waals surface area contributed by atoms with Crippen LogP contribution in [-0.4, -0.2) is 29.7 Å². The summed E-state index contributed by atoms with van der Waals surface area (Å²) in [6.45, 7) is 3.32. The summed E-state index contributed by atoms with van der Waals surface area (Å²) in [4.78, 5) is 15.0. The average Bonchev–Trinajstić information content (AvgIpc) is 3.10. The van der Waals surface area contributed by atoms with Crippen molar-refractivity contribution in [2.24, 2.45) is 0 Å². The molecule has 1 aromatic heterocycles. The highest BCUT2D eigenvalue weighted by molar-refractivity contribution is 5.89. The Morgan fingerprint density at radius 1 is 1.22 bits per heavy atom. The second kappa shape index (κ2) is 5.68. The van der Waals surface area contributed by atoms with Crippen molar-refractivity contribution in [3.63, 3.8) is 0 Å². The van der Waals surface area contributed by atoms with Gasteiger partial charge in [-0.15, -0.1) is 0 Å². The lowest BCUT2D eigenvalue weighted by Crippen LogP contribution is -2.50. The van der Waals surface area contributed by atoms with E-state index in [1.807, 2.05) is 36.1 Å². The number of nitrogens with zero attached hydrogens (tertiary/aromatic N) is 1. The fourth-order valence-electron chi connectivity index (χ4n) is 4.17. The summed E-state index contributed by atoms with van der Waals surface area (Å²) in [5.74, 6) is 1.01. The summed E-state index contributed by atoms with van der Waals surface area (Å²) >= 11 is 0. The number of aryl methyl sites for hydroxylation is 1. The van der Waals surface area contributed by atoms with Gasteiger partial charge in [-0.25, -0.2) is 0 Å². The molecule has 0 unspecified atom stereocenters. The third-order valence-electron chi connectivity index (χ3n) is 5.34. The lowest BCUT2D eigenvalue weighted by atomic mass is 9.90. The molecular formula is C19H23NO3. The Kier molecular flexibility index (Phi) is 3.64. The maximum atomic E-state index is 13.0. The van der Waals surface area contributed by atoms with Gasteiger partial charge in [0.1, 0.15) is 17.1 Å². The van der Waals surface area contributed by atoms with Crippen LogP contribution in [0.2, 0.25) is 0 Å². The van der Waals surface area contributed by atoms with Gasteiger partial charge in [0, 0.05) is 17.5 Å². The van der Waals surface area contributed by atoms with Crippen LogP contribution in [0.4, 0.5) is 0 Å². The van der Waals surface area contributed by atoms with Crippen LogP contribution in [0.15, 0.2) is 28.7 Å². The molecule has 1 aliphatic carbocycles. The molecule has 4 nitrogen and oxygen atoms in total. The van der Waals surface area contributed by atoms with E-state index in [1.54, 1.807) is 0 Å². The van der Waals surface area contributed by atoms with E-state index >= 15 is 0 Å². The van der Waals surface area contributed by atoms with Crippen LogP contribution in [0.1, 0.15) is 43.4 Å². The van der Waals surface area contributed by atoms with Crippen molar-refractivity contribution in [2.75, 3.05) is 13.2 Å². The predicted molar refractivity (Wildman–Crippen MR) is 88.1 cm³/mol. The van der Waals surface area contributed by atoms with E-state index in [-0.39, 0.29) is 11.6 Å². The molecule has 0 atom stereocenters. The lowest BCUT2D eigenvalue weighted by Gasteiger charge is -2.40. The van der Waals surface area contributed by atoms with Crippen molar-refractivity contribution < 1.29 is 13.9 Å². The molecular weight excluding hydrogens is 290 g/mol. The fraction of sp³-hybridized carbons (Fsp3) is 0.526.